The van der Waals surface area contributed by atoms with E-state index < -0.39 is 58.0 Å². The average Bonchev–Trinajstić information content (AvgIpc) is 3.43. The van der Waals surface area contributed by atoms with E-state index in [2.05, 4.69) is 5.32 Å². The highest BCUT2D eigenvalue weighted by atomic mass is 35.5. The number of hydrogen-bond acceptors (Lipinski definition) is 7. The Morgan fingerprint density at radius 2 is 1.67 bits per heavy atom. The summed E-state index contributed by atoms with van der Waals surface area (Å²) >= 11 is 7.97. The van der Waals surface area contributed by atoms with E-state index in [0.29, 0.717) is 20.6 Å². The first-order chi connectivity index (χ1) is 21.3. The first kappa shape index (κ1) is 30.9. The topological polar surface area (TPSA) is 91.7 Å². The number of carbonyl (C=O) groups excluding carboxylic acids is 3. The molecule has 0 saturated carbocycles. The minimum absolute atomic E-state index is 0.0753. The van der Waals surface area contributed by atoms with Gasteiger partial charge in [0.1, 0.15) is 11.8 Å². The normalized spacial score (nSPS) is 19.3. The lowest BCUT2D eigenvalue weighted by Crippen LogP contribution is -2.33. The number of aromatic nitrogens is 1. The van der Waals surface area contributed by atoms with Crippen molar-refractivity contribution in [2.75, 3.05) is 29.2 Å². The van der Waals surface area contributed by atoms with Gasteiger partial charge in [-0.1, -0.05) is 52.9 Å². The highest BCUT2D eigenvalue weighted by Gasteiger charge is 2.56. The van der Waals surface area contributed by atoms with Crippen molar-refractivity contribution < 1.29 is 27.6 Å². The smallest absolute Gasteiger partial charge is 0.378 e. The Labute approximate surface area is 268 Å². The summed E-state index contributed by atoms with van der Waals surface area (Å²) in [5.74, 6) is -3.09. The molecule has 6 rings (SSSR count). The minimum atomic E-state index is -4.60. The molecule has 0 spiro atoms. The van der Waals surface area contributed by atoms with Crippen molar-refractivity contribution in [3.05, 3.63) is 103 Å². The lowest BCUT2D eigenvalue weighted by molar-refractivity contribution is -0.137. The van der Waals surface area contributed by atoms with Crippen LogP contribution in [-0.4, -0.2) is 41.6 Å². The molecule has 0 radical (unpaired) electrons. The number of nitrogens with one attached hydrogen (secondary N) is 1. The van der Waals surface area contributed by atoms with Gasteiger partial charge >= 0.3 is 11.0 Å². The molecule has 2 aliphatic heterocycles. The van der Waals surface area contributed by atoms with E-state index in [1.807, 2.05) is 43.3 Å². The maximum Gasteiger partial charge on any atom is 0.416 e. The maximum atomic E-state index is 14.0. The van der Waals surface area contributed by atoms with E-state index in [0.717, 1.165) is 51.4 Å². The summed E-state index contributed by atoms with van der Waals surface area (Å²) in [5, 5.41) is 2.35. The first-order valence-electron chi connectivity index (χ1n) is 13.6. The largest absolute Gasteiger partial charge is 0.416 e. The summed E-state index contributed by atoms with van der Waals surface area (Å²) in [7, 11) is 3.78. The SMILES string of the molecule is CN(C)c1ccc([C@H]2c3sc(=O)n(CC(=O)Nc4cccc(C(F)(F)F)c4)c3SC3C(=O)N(c4ccc(Cl)cc4)C(=O)C32)cc1. The van der Waals surface area contributed by atoms with Crippen LogP contribution in [0.5, 0.6) is 0 Å². The Hall–Kier alpha value is -4.07. The number of halogens is 4. The van der Waals surface area contributed by atoms with E-state index in [4.69, 9.17) is 11.6 Å². The van der Waals surface area contributed by atoms with Crippen LogP contribution in [0, 0.1) is 5.92 Å². The predicted molar refractivity (Wildman–Crippen MR) is 168 cm³/mol. The number of carbonyl (C=O) groups is 3. The molecule has 3 atom stereocenters. The predicted octanol–water partition coefficient (Wildman–Crippen LogP) is 6.08. The second kappa shape index (κ2) is 11.7. The molecule has 1 saturated heterocycles. The van der Waals surface area contributed by atoms with Gasteiger partial charge in [0.25, 0.3) is 0 Å². The molecule has 1 fully saturated rings. The fourth-order valence-corrected chi connectivity index (χ4v) is 8.46. The quantitative estimate of drug-likeness (QED) is 0.250. The van der Waals surface area contributed by atoms with E-state index >= 15 is 0 Å². The summed E-state index contributed by atoms with van der Waals surface area (Å²) in [6.45, 7) is -0.499. The number of fused-ring (bicyclic) bond motifs is 2. The highest BCUT2D eigenvalue weighted by molar-refractivity contribution is 8.00. The molecule has 4 aromatic rings. The first-order valence-corrected chi connectivity index (χ1v) is 15.7. The van der Waals surface area contributed by atoms with E-state index in [1.165, 1.54) is 16.7 Å². The number of imide groups is 1. The lowest BCUT2D eigenvalue weighted by Gasteiger charge is -2.31. The van der Waals surface area contributed by atoms with Crippen LogP contribution in [0.25, 0.3) is 0 Å². The monoisotopic (exact) mass is 672 g/mol. The second-order valence-corrected chi connectivity index (χ2v) is 13.3. The number of rotatable bonds is 6. The van der Waals surface area contributed by atoms with Crippen molar-refractivity contribution in [3.8, 4) is 0 Å². The Bertz CT molecular complexity index is 1870. The summed E-state index contributed by atoms with van der Waals surface area (Å²) in [6.07, 6.45) is -4.60. The molecule has 3 amide bonds. The number of alkyl halides is 3. The standard InChI is InChI=1S/C31H24ClF3N4O4S2/c1-37(2)20-10-6-16(7-11-20)23-24-25(28(42)39(27(24)41)21-12-8-18(32)9-13-21)44-29-26(23)45-30(43)38(29)15-22(40)36-19-5-3-4-17(14-19)31(33,34)35/h3-14,23-25H,15H2,1-2H3,(H,36,40)/t23-,24?,25?/m1/s1. The third-order valence-corrected chi connectivity index (χ3v) is 10.5. The fourth-order valence-electron chi connectivity index (χ4n) is 5.56. The van der Waals surface area contributed by atoms with Crippen LogP contribution in [0.1, 0.15) is 21.9 Å². The van der Waals surface area contributed by atoms with Crippen LogP contribution in [0.3, 0.4) is 0 Å². The van der Waals surface area contributed by atoms with Gasteiger partial charge in [-0.15, -0.1) is 0 Å². The Balaban J connectivity index is 1.38. The number of hydrogen-bond donors (Lipinski definition) is 1. The van der Waals surface area contributed by atoms with Crippen molar-refractivity contribution in [2.24, 2.45) is 5.92 Å². The molecule has 1 aromatic heterocycles. The molecule has 232 valence electrons. The number of amides is 3. The number of nitrogens with zero attached hydrogens (tertiary/aromatic N) is 3. The van der Waals surface area contributed by atoms with Gasteiger partial charge in [-0.3, -0.25) is 23.7 Å². The molecular weight excluding hydrogens is 649 g/mol. The van der Waals surface area contributed by atoms with Crippen LogP contribution in [0.15, 0.2) is 82.6 Å². The molecular formula is C31H24ClF3N4O4S2. The lowest BCUT2D eigenvalue weighted by atomic mass is 9.83. The molecule has 0 aliphatic carbocycles. The number of anilines is 3. The van der Waals surface area contributed by atoms with Gasteiger partial charge in [-0.25, -0.2) is 4.90 Å². The van der Waals surface area contributed by atoms with Crippen molar-refractivity contribution in [1.82, 2.24) is 4.57 Å². The van der Waals surface area contributed by atoms with Gasteiger partial charge in [0.2, 0.25) is 17.7 Å². The van der Waals surface area contributed by atoms with Gasteiger partial charge in [-0.2, -0.15) is 13.2 Å². The number of thiazole rings is 1. The van der Waals surface area contributed by atoms with Crippen LogP contribution in [0.2, 0.25) is 5.02 Å². The van der Waals surface area contributed by atoms with E-state index in [9.17, 15) is 32.3 Å². The van der Waals surface area contributed by atoms with Gasteiger partial charge < -0.3 is 10.2 Å². The van der Waals surface area contributed by atoms with Gasteiger partial charge in [-0.05, 0) is 60.2 Å². The zero-order valence-corrected chi connectivity index (χ0v) is 26.1. The Morgan fingerprint density at radius 1 is 0.978 bits per heavy atom. The molecule has 3 heterocycles. The molecule has 8 nitrogen and oxygen atoms in total. The van der Waals surface area contributed by atoms with Crippen LogP contribution < -0.4 is 20.0 Å². The molecule has 0 bridgehead atoms. The summed E-state index contributed by atoms with van der Waals surface area (Å²) in [4.78, 5) is 57.3. The molecule has 14 heteroatoms. The van der Waals surface area contributed by atoms with Crippen molar-refractivity contribution >= 4 is 69.5 Å². The number of thioether (sulfide) groups is 1. The minimum Gasteiger partial charge on any atom is -0.378 e. The zero-order valence-electron chi connectivity index (χ0n) is 23.7. The van der Waals surface area contributed by atoms with Crippen molar-refractivity contribution in [1.29, 1.82) is 0 Å². The highest BCUT2D eigenvalue weighted by Crippen LogP contribution is 2.54. The fraction of sp³-hybridized carbons (Fsp3) is 0.226. The summed E-state index contributed by atoms with van der Waals surface area (Å²) < 4.78 is 40.8. The molecule has 2 unspecified atom stereocenters. The molecule has 3 aromatic carbocycles. The van der Waals surface area contributed by atoms with Crippen LogP contribution in [0.4, 0.5) is 30.2 Å². The molecule has 1 N–H and O–H groups in total. The van der Waals surface area contributed by atoms with Crippen molar-refractivity contribution in [2.45, 2.75) is 28.9 Å². The van der Waals surface area contributed by atoms with Crippen molar-refractivity contribution in [3.63, 3.8) is 0 Å². The van der Waals surface area contributed by atoms with Gasteiger partial charge in [0, 0.05) is 41.3 Å². The zero-order chi connectivity index (χ0) is 32.2. The third-order valence-electron chi connectivity index (χ3n) is 7.68. The van der Waals surface area contributed by atoms with E-state index in [1.54, 1.807) is 24.3 Å². The average molecular weight is 673 g/mol. The number of benzene rings is 3. The van der Waals surface area contributed by atoms with Gasteiger partial charge in [0.15, 0.2) is 0 Å². The summed E-state index contributed by atoms with van der Waals surface area (Å²) in [5.41, 5.74) is 0.998. The van der Waals surface area contributed by atoms with Crippen LogP contribution >= 0.6 is 34.7 Å². The maximum absolute atomic E-state index is 14.0. The summed E-state index contributed by atoms with van der Waals surface area (Å²) in [6, 6.07) is 18.0. The van der Waals surface area contributed by atoms with Crippen LogP contribution in [-0.2, 0) is 27.1 Å². The molecule has 2 aliphatic rings. The van der Waals surface area contributed by atoms with Gasteiger partial charge in [0.05, 0.1) is 22.2 Å². The van der Waals surface area contributed by atoms with E-state index in [-0.39, 0.29) is 5.69 Å². The third kappa shape index (κ3) is 5.75. The second-order valence-electron chi connectivity index (χ2n) is 10.8. The Morgan fingerprint density at radius 3 is 2.31 bits per heavy atom. The molecule has 45 heavy (non-hydrogen) atoms. The Kier molecular flexibility index (Phi) is 8.04.